The Morgan fingerprint density at radius 1 is 0.906 bits per heavy atom. The standard InChI is InChI=1S/C25H28N2O4S/c1-19-11-14-22(18-20(19)2)27(32(3,29)30)17-7-10-25(28)26-21-12-15-24(16-13-21)31-23-8-5-4-6-9-23/h4-6,8-9,11-16,18H,7,10,17H2,1-3H3,(H,26,28). The average Bonchev–Trinajstić information content (AvgIpc) is 2.75. The zero-order chi connectivity index (χ0) is 23.1. The molecule has 0 aliphatic heterocycles. The molecule has 3 rings (SSSR count). The highest BCUT2D eigenvalue weighted by Crippen LogP contribution is 2.24. The van der Waals surface area contributed by atoms with Crippen molar-refractivity contribution in [1.82, 2.24) is 0 Å². The molecular weight excluding hydrogens is 424 g/mol. The van der Waals surface area contributed by atoms with Crippen molar-refractivity contribution in [3.8, 4) is 11.5 Å². The van der Waals surface area contributed by atoms with Crippen LogP contribution in [0.3, 0.4) is 0 Å². The molecule has 0 saturated heterocycles. The maximum Gasteiger partial charge on any atom is 0.232 e. The van der Waals surface area contributed by atoms with Gasteiger partial charge in [-0.15, -0.1) is 0 Å². The van der Waals surface area contributed by atoms with Gasteiger partial charge in [-0.05, 0) is 79.9 Å². The summed E-state index contributed by atoms with van der Waals surface area (Å²) in [7, 11) is -3.45. The number of nitrogens with zero attached hydrogens (tertiary/aromatic N) is 1. The number of para-hydroxylation sites is 1. The molecule has 168 valence electrons. The van der Waals surface area contributed by atoms with Gasteiger partial charge in [-0.2, -0.15) is 0 Å². The topological polar surface area (TPSA) is 75.7 Å². The summed E-state index contributed by atoms with van der Waals surface area (Å²) in [4.78, 5) is 12.3. The summed E-state index contributed by atoms with van der Waals surface area (Å²) in [5.74, 6) is 1.24. The van der Waals surface area contributed by atoms with Gasteiger partial charge in [0.2, 0.25) is 15.9 Å². The molecule has 3 aromatic carbocycles. The monoisotopic (exact) mass is 452 g/mol. The minimum absolute atomic E-state index is 0.171. The van der Waals surface area contributed by atoms with E-state index in [0.29, 0.717) is 23.5 Å². The highest BCUT2D eigenvalue weighted by Gasteiger charge is 2.18. The predicted octanol–water partition coefficient (Wildman–Crippen LogP) is 5.28. The molecule has 0 atom stereocenters. The number of benzene rings is 3. The zero-order valence-corrected chi connectivity index (χ0v) is 19.4. The van der Waals surface area contributed by atoms with E-state index in [0.717, 1.165) is 16.9 Å². The Morgan fingerprint density at radius 3 is 2.19 bits per heavy atom. The van der Waals surface area contributed by atoms with Crippen LogP contribution in [0.4, 0.5) is 11.4 Å². The van der Waals surface area contributed by atoms with Gasteiger partial charge in [0.05, 0.1) is 11.9 Å². The van der Waals surface area contributed by atoms with Crippen molar-refractivity contribution in [3.63, 3.8) is 0 Å². The smallest absolute Gasteiger partial charge is 0.232 e. The van der Waals surface area contributed by atoms with E-state index in [1.165, 1.54) is 10.6 Å². The normalized spacial score (nSPS) is 11.1. The first-order valence-electron chi connectivity index (χ1n) is 10.4. The number of hydrogen-bond acceptors (Lipinski definition) is 4. The number of hydrogen-bond donors (Lipinski definition) is 1. The first-order valence-corrected chi connectivity index (χ1v) is 12.2. The van der Waals surface area contributed by atoms with E-state index in [4.69, 9.17) is 4.74 Å². The van der Waals surface area contributed by atoms with Crippen molar-refractivity contribution in [2.24, 2.45) is 0 Å². The van der Waals surface area contributed by atoms with Crippen LogP contribution < -0.4 is 14.4 Å². The summed E-state index contributed by atoms with van der Waals surface area (Å²) in [5, 5.41) is 2.84. The second-order valence-corrected chi connectivity index (χ2v) is 9.60. The maximum atomic E-state index is 12.3. The maximum absolute atomic E-state index is 12.3. The Hall–Kier alpha value is -3.32. The number of aryl methyl sites for hydroxylation is 2. The van der Waals surface area contributed by atoms with Crippen molar-refractivity contribution in [2.45, 2.75) is 26.7 Å². The Balaban J connectivity index is 1.53. The van der Waals surface area contributed by atoms with E-state index in [9.17, 15) is 13.2 Å². The van der Waals surface area contributed by atoms with E-state index in [1.807, 2.05) is 56.3 Å². The van der Waals surface area contributed by atoms with Gasteiger partial charge in [-0.25, -0.2) is 8.42 Å². The van der Waals surface area contributed by atoms with Gasteiger partial charge in [0.15, 0.2) is 0 Å². The lowest BCUT2D eigenvalue weighted by Gasteiger charge is -2.23. The van der Waals surface area contributed by atoms with Crippen molar-refractivity contribution < 1.29 is 17.9 Å². The van der Waals surface area contributed by atoms with Crippen LogP contribution in [0.2, 0.25) is 0 Å². The molecule has 0 unspecified atom stereocenters. The minimum Gasteiger partial charge on any atom is -0.457 e. The lowest BCUT2D eigenvalue weighted by molar-refractivity contribution is -0.116. The van der Waals surface area contributed by atoms with Crippen LogP contribution in [-0.4, -0.2) is 27.1 Å². The van der Waals surface area contributed by atoms with E-state index in [-0.39, 0.29) is 18.9 Å². The molecule has 6 nitrogen and oxygen atoms in total. The van der Waals surface area contributed by atoms with Crippen LogP contribution in [-0.2, 0) is 14.8 Å². The molecule has 7 heteroatoms. The number of amides is 1. The summed E-state index contributed by atoms with van der Waals surface area (Å²) < 4.78 is 31.6. The van der Waals surface area contributed by atoms with Gasteiger partial charge in [0.25, 0.3) is 0 Å². The third kappa shape index (κ3) is 6.59. The number of carbonyl (C=O) groups excluding carboxylic acids is 1. The fraction of sp³-hybridized carbons (Fsp3) is 0.240. The Labute approximate surface area is 189 Å². The van der Waals surface area contributed by atoms with Gasteiger partial charge in [0, 0.05) is 18.7 Å². The van der Waals surface area contributed by atoms with Crippen molar-refractivity contribution in [1.29, 1.82) is 0 Å². The third-order valence-corrected chi connectivity index (χ3v) is 6.25. The number of carbonyl (C=O) groups is 1. The quantitative estimate of drug-likeness (QED) is 0.479. The molecule has 0 fully saturated rings. The molecular formula is C25H28N2O4S. The molecule has 0 radical (unpaired) electrons. The summed E-state index contributed by atoms with van der Waals surface area (Å²) >= 11 is 0. The fourth-order valence-corrected chi connectivity index (χ4v) is 4.16. The number of anilines is 2. The van der Waals surface area contributed by atoms with Gasteiger partial charge in [0.1, 0.15) is 11.5 Å². The SMILES string of the molecule is Cc1ccc(N(CCCC(=O)Nc2ccc(Oc3ccccc3)cc2)S(C)(=O)=O)cc1C. The molecule has 0 bridgehead atoms. The molecule has 0 aliphatic carbocycles. The lowest BCUT2D eigenvalue weighted by atomic mass is 10.1. The van der Waals surface area contributed by atoms with Crippen LogP contribution in [0.15, 0.2) is 72.8 Å². The van der Waals surface area contributed by atoms with Crippen LogP contribution >= 0.6 is 0 Å². The van der Waals surface area contributed by atoms with Crippen LogP contribution in [0.25, 0.3) is 0 Å². The number of rotatable bonds is 9. The van der Waals surface area contributed by atoms with E-state index in [2.05, 4.69) is 5.32 Å². The second kappa shape index (κ2) is 10.3. The van der Waals surface area contributed by atoms with Gasteiger partial charge >= 0.3 is 0 Å². The molecule has 0 aliphatic rings. The second-order valence-electron chi connectivity index (χ2n) is 7.69. The van der Waals surface area contributed by atoms with Crippen molar-refractivity contribution in [3.05, 3.63) is 83.9 Å². The molecule has 1 amide bonds. The van der Waals surface area contributed by atoms with E-state index in [1.54, 1.807) is 30.3 Å². The van der Waals surface area contributed by atoms with Crippen molar-refractivity contribution >= 4 is 27.3 Å². The molecule has 0 spiro atoms. The van der Waals surface area contributed by atoms with Crippen LogP contribution in [0.1, 0.15) is 24.0 Å². The van der Waals surface area contributed by atoms with Crippen molar-refractivity contribution in [2.75, 3.05) is 22.4 Å². The average molecular weight is 453 g/mol. The highest BCUT2D eigenvalue weighted by atomic mass is 32.2. The summed E-state index contributed by atoms with van der Waals surface area (Å²) in [5.41, 5.74) is 3.39. The van der Waals surface area contributed by atoms with E-state index >= 15 is 0 Å². The Kier molecular flexibility index (Phi) is 7.53. The van der Waals surface area contributed by atoms with Gasteiger partial charge in [-0.1, -0.05) is 24.3 Å². The van der Waals surface area contributed by atoms with Gasteiger partial charge < -0.3 is 10.1 Å². The molecule has 0 aromatic heterocycles. The Morgan fingerprint density at radius 2 is 1.56 bits per heavy atom. The number of nitrogens with one attached hydrogen (secondary N) is 1. The minimum atomic E-state index is -3.45. The predicted molar refractivity (Wildman–Crippen MR) is 129 cm³/mol. The molecule has 32 heavy (non-hydrogen) atoms. The molecule has 1 N–H and O–H groups in total. The number of ether oxygens (including phenoxy) is 1. The third-order valence-electron chi connectivity index (χ3n) is 5.06. The summed E-state index contributed by atoms with van der Waals surface area (Å²) in [6.07, 6.45) is 1.79. The summed E-state index contributed by atoms with van der Waals surface area (Å²) in [6, 6.07) is 22.1. The lowest BCUT2D eigenvalue weighted by Crippen LogP contribution is -2.31. The fourth-order valence-electron chi connectivity index (χ4n) is 3.20. The largest absolute Gasteiger partial charge is 0.457 e. The highest BCUT2D eigenvalue weighted by molar-refractivity contribution is 7.92. The van der Waals surface area contributed by atoms with Crippen LogP contribution in [0, 0.1) is 13.8 Å². The number of sulfonamides is 1. The summed E-state index contributed by atoms with van der Waals surface area (Å²) in [6.45, 7) is 4.16. The first-order chi connectivity index (χ1) is 15.2. The zero-order valence-electron chi connectivity index (χ0n) is 18.5. The molecule has 3 aromatic rings. The van der Waals surface area contributed by atoms with Crippen LogP contribution in [0.5, 0.6) is 11.5 Å². The molecule has 0 heterocycles. The first kappa shape index (κ1) is 23.3. The van der Waals surface area contributed by atoms with E-state index < -0.39 is 10.0 Å². The van der Waals surface area contributed by atoms with Gasteiger partial charge in [-0.3, -0.25) is 9.10 Å². The Bertz CT molecular complexity index is 1160. The molecule has 0 saturated carbocycles.